The molecule has 0 aliphatic carbocycles. The van der Waals surface area contributed by atoms with Gasteiger partial charge < -0.3 is 14.8 Å². The van der Waals surface area contributed by atoms with Crippen LogP contribution in [0.3, 0.4) is 0 Å². The Morgan fingerprint density at radius 1 is 0.889 bits per heavy atom. The molecule has 0 bridgehead atoms. The summed E-state index contributed by atoms with van der Waals surface area (Å²) in [6, 6.07) is 16.6. The van der Waals surface area contributed by atoms with E-state index in [-0.39, 0.29) is 6.10 Å². The van der Waals surface area contributed by atoms with Crippen molar-refractivity contribution < 1.29 is 9.47 Å². The van der Waals surface area contributed by atoms with Gasteiger partial charge in [0, 0.05) is 11.8 Å². The largest absolute Gasteiger partial charge is 0.494 e. The molecule has 27 heavy (non-hydrogen) atoms. The first-order valence-corrected chi connectivity index (χ1v) is 10.3. The molecule has 0 saturated carbocycles. The van der Waals surface area contributed by atoms with Crippen LogP contribution in [-0.2, 0) is 0 Å². The van der Waals surface area contributed by atoms with Gasteiger partial charge in [-0.3, -0.25) is 0 Å². The lowest BCUT2D eigenvalue weighted by Crippen LogP contribution is -2.22. The lowest BCUT2D eigenvalue weighted by Gasteiger charge is -2.17. The summed E-state index contributed by atoms with van der Waals surface area (Å²) in [5.41, 5.74) is 2.39. The van der Waals surface area contributed by atoms with Crippen molar-refractivity contribution >= 4 is 5.69 Å². The summed E-state index contributed by atoms with van der Waals surface area (Å²) in [5, 5.41) is 3.44. The first kappa shape index (κ1) is 21.1. The van der Waals surface area contributed by atoms with Crippen LogP contribution in [0.1, 0.15) is 64.9 Å². The fourth-order valence-electron chi connectivity index (χ4n) is 2.88. The van der Waals surface area contributed by atoms with Crippen LogP contribution in [0.5, 0.6) is 11.5 Å². The van der Waals surface area contributed by atoms with Gasteiger partial charge in [-0.2, -0.15) is 0 Å². The van der Waals surface area contributed by atoms with Crippen LogP contribution >= 0.6 is 0 Å². The van der Waals surface area contributed by atoms with Crippen molar-refractivity contribution in [1.82, 2.24) is 0 Å². The molecule has 0 radical (unpaired) electrons. The van der Waals surface area contributed by atoms with Crippen LogP contribution in [0.25, 0.3) is 0 Å². The predicted octanol–water partition coefficient (Wildman–Crippen LogP) is 6.65. The summed E-state index contributed by atoms with van der Waals surface area (Å²) in [4.78, 5) is 0. The summed E-state index contributed by atoms with van der Waals surface area (Å²) in [5.74, 6) is 2.38. The van der Waals surface area contributed by atoms with Gasteiger partial charge in [0.1, 0.15) is 17.6 Å². The highest BCUT2D eigenvalue weighted by Gasteiger charge is 2.06. The number of ether oxygens (including phenoxy) is 2. The zero-order valence-corrected chi connectivity index (χ0v) is 17.3. The molecule has 3 heteroatoms. The summed E-state index contributed by atoms with van der Waals surface area (Å²) < 4.78 is 11.9. The van der Waals surface area contributed by atoms with Gasteiger partial charge in [-0.15, -0.1) is 0 Å². The number of anilines is 1. The van der Waals surface area contributed by atoms with Crippen LogP contribution in [0.15, 0.2) is 48.5 Å². The molecule has 0 heterocycles. The standard InChI is InChI=1S/C24H35NO2/c1-5-6-7-8-16-26-24-11-9-10-22(17-24)25-18-20(4)27-23-14-12-21(13-15-23)19(2)3/h9-15,17,19-20,25H,5-8,16,18H2,1-4H3. The highest BCUT2D eigenvalue weighted by atomic mass is 16.5. The van der Waals surface area contributed by atoms with Crippen LogP contribution in [-0.4, -0.2) is 19.3 Å². The van der Waals surface area contributed by atoms with E-state index in [9.17, 15) is 0 Å². The first-order chi connectivity index (χ1) is 13.1. The number of unbranched alkanes of at least 4 members (excludes halogenated alkanes) is 3. The Labute approximate surface area is 165 Å². The predicted molar refractivity (Wildman–Crippen MR) is 115 cm³/mol. The summed E-state index contributed by atoms with van der Waals surface area (Å²) in [6.07, 6.45) is 4.96. The van der Waals surface area contributed by atoms with Crippen LogP contribution < -0.4 is 14.8 Å². The van der Waals surface area contributed by atoms with Gasteiger partial charge in [0.15, 0.2) is 0 Å². The van der Waals surface area contributed by atoms with Gasteiger partial charge in [-0.1, -0.05) is 58.2 Å². The summed E-state index contributed by atoms with van der Waals surface area (Å²) >= 11 is 0. The third kappa shape index (κ3) is 7.94. The minimum Gasteiger partial charge on any atom is -0.494 e. The Bertz CT molecular complexity index is 652. The normalized spacial score (nSPS) is 12.0. The van der Waals surface area contributed by atoms with Crippen molar-refractivity contribution in [2.45, 2.75) is 65.4 Å². The van der Waals surface area contributed by atoms with Crippen molar-refractivity contribution in [3.8, 4) is 11.5 Å². The van der Waals surface area contributed by atoms with E-state index in [2.05, 4.69) is 69.4 Å². The fraction of sp³-hybridized carbons (Fsp3) is 0.500. The minimum atomic E-state index is 0.0773. The molecule has 1 unspecified atom stereocenters. The number of benzene rings is 2. The third-order valence-electron chi connectivity index (χ3n) is 4.58. The van der Waals surface area contributed by atoms with Crippen molar-refractivity contribution in [3.05, 3.63) is 54.1 Å². The average molecular weight is 370 g/mol. The zero-order valence-electron chi connectivity index (χ0n) is 17.3. The maximum absolute atomic E-state index is 6.01. The van der Waals surface area contributed by atoms with E-state index in [1.54, 1.807) is 0 Å². The molecule has 1 atom stereocenters. The fourth-order valence-corrected chi connectivity index (χ4v) is 2.88. The highest BCUT2D eigenvalue weighted by Crippen LogP contribution is 2.20. The highest BCUT2D eigenvalue weighted by molar-refractivity contribution is 5.48. The molecule has 0 saturated heterocycles. The van der Waals surface area contributed by atoms with Crippen molar-refractivity contribution in [2.24, 2.45) is 0 Å². The van der Waals surface area contributed by atoms with Gasteiger partial charge in [0.05, 0.1) is 13.2 Å². The maximum Gasteiger partial charge on any atom is 0.121 e. The van der Waals surface area contributed by atoms with Crippen LogP contribution in [0, 0.1) is 0 Å². The number of hydrogen-bond acceptors (Lipinski definition) is 3. The summed E-state index contributed by atoms with van der Waals surface area (Å²) in [7, 11) is 0. The minimum absolute atomic E-state index is 0.0773. The van der Waals surface area contributed by atoms with E-state index in [0.29, 0.717) is 5.92 Å². The number of rotatable bonds is 12. The molecule has 0 fully saturated rings. The molecule has 1 N–H and O–H groups in total. The van der Waals surface area contributed by atoms with Gasteiger partial charge in [0.25, 0.3) is 0 Å². The Morgan fingerprint density at radius 2 is 1.67 bits per heavy atom. The van der Waals surface area contributed by atoms with Crippen LogP contribution in [0.2, 0.25) is 0 Å². The molecular formula is C24H35NO2. The molecule has 148 valence electrons. The average Bonchev–Trinajstić information content (AvgIpc) is 2.67. The Balaban J connectivity index is 1.75. The van der Waals surface area contributed by atoms with E-state index < -0.39 is 0 Å². The quantitative estimate of drug-likeness (QED) is 0.425. The monoisotopic (exact) mass is 369 g/mol. The van der Waals surface area contributed by atoms with E-state index in [1.807, 2.05) is 12.1 Å². The SMILES string of the molecule is CCCCCCOc1cccc(NCC(C)Oc2ccc(C(C)C)cc2)c1. The van der Waals surface area contributed by atoms with Gasteiger partial charge >= 0.3 is 0 Å². The second-order valence-corrected chi connectivity index (χ2v) is 7.47. The van der Waals surface area contributed by atoms with E-state index in [4.69, 9.17) is 9.47 Å². The Hall–Kier alpha value is -2.16. The second-order valence-electron chi connectivity index (χ2n) is 7.47. The second kappa shape index (κ2) is 11.5. The lowest BCUT2D eigenvalue weighted by atomic mass is 10.0. The first-order valence-electron chi connectivity index (χ1n) is 10.3. The summed E-state index contributed by atoms with van der Waals surface area (Å²) in [6.45, 7) is 10.2. The van der Waals surface area contributed by atoms with Crippen molar-refractivity contribution in [1.29, 1.82) is 0 Å². The molecular weight excluding hydrogens is 334 g/mol. The molecule has 0 aliphatic heterocycles. The van der Waals surface area contributed by atoms with Crippen molar-refractivity contribution in [3.63, 3.8) is 0 Å². The Morgan fingerprint density at radius 3 is 2.37 bits per heavy atom. The van der Waals surface area contributed by atoms with Gasteiger partial charge in [-0.25, -0.2) is 0 Å². The van der Waals surface area contributed by atoms with Crippen molar-refractivity contribution in [2.75, 3.05) is 18.5 Å². The molecule has 0 aromatic heterocycles. The molecule has 0 amide bonds. The molecule has 0 spiro atoms. The molecule has 2 aromatic carbocycles. The smallest absolute Gasteiger partial charge is 0.121 e. The van der Waals surface area contributed by atoms with E-state index in [1.165, 1.54) is 24.8 Å². The molecule has 3 nitrogen and oxygen atoms in total. The topological polar surface area (TPSA) is 30.5 Å². The number of nitrogens with one attached hydrogen (secondary N) is 1. The molecule has 2 rings (SSSR count). The lowest BCUT2D eigenvalue weighted by molar-refractivity contribution is 0.234. The molecule has 2 aromatic rings. The molecule has 0 aliphatic rings. The zero-order chi connectivity index (χ0) is 19.5. The maximum atomic E-state index is 6.01. The van der Waals surface area contributed by atoms with Gasteiger partial charge in [0.2, 0.25) is 0 Å². The third-order valence-corrected chi connectivity index (χ3v) is 4.58. The van der Waals surface area contributed by atoms with Gasteiger partial charge in [-0.05, 0) is 49.1 Å². The Kier molecular flexibility index (Phi) is 9.03. The number of hydrogen-bond donors (Lipinski definition) is 1. The van der Waals surface area contributed by atoms with E-state index >= 15 is 0 Å². The van der Waals surface area contributed by atoms with Crippen LogP contribution in [0.4, 0.5) is 5.69 Å². The van der Waals surface area contributed by atoms with E-state index in [0.717, 1.165) is 36.8 Å².